The van der Waals surface area contributed by atoms with Crippen molar-refractivity contribution in [2.75, 3.05) is 20.2 Å². The van der Waals surface area contributed by atoms with E-state index in [1.807, 2.05) is 13.0 Å². The highest BCUT2D eigenvalue weighted by Crippen LogP contribution is 2.25. The number of likely N-dealkylation sites (N-methyl/N-ethyl adjacent to an activating group) is 1. The minimum atomic E-state index is -0.898. The van der Waals surface area contributed by atoms with Gasteiger partial charge in [-0.2, -0.15) is 0 Å². The topological polar surface area (TPSA) is 62.7 Å². The zero-order valence-electron chi connectivity index (χ0n) is 10.1. The molecule has 1 aromatic rings. The molecule has 0 radical (unpaired) electrons. The van der Waals surface area contributed by atoms with Crippen LogP contribution in [0.3, 0.4) is 0 Å². The third-order valence-corrected chi connectivity index (χ3v) is 3.95. The molecular weight excluding hydrogens is 462 g/mol. The number of rotatable bonds is 5. The Labute approximate surface area is 133 Å². The van der Waals surface area contributed by atoms with Crippen LogP contribution >= 0.6 is 45.2 Å². The van der Waals surface area contributed by atoms with E-state index in [0.29, 0.717) is 19.5 Å². The van der Waals surface area contributed by atoms with E-state index in [4.69, 9.17) is 9.84 Å². The summed E-state index contributed by atoms with van der Waals surface area (Å²) in [6.07, 6.45) is -0.296. The van der Waals surface area contributed by atoms with Crippen LogP contribution in [0.25, 0.3) is 0 Å². The van der Waals surface area contributed by atoms with E-state index in [1.54, 1.807) is 7.11 Å². The van der Waals surface area contributed by atoms with Crippen molar-refractivity contribution in [3.8, 4) is 5.75 Å². The standard InChI is InChI=1S/C11H14I2N2O3/c1-3-15(11(16)17)5-4-7-8(18-2)6-9(12)14-10(7)13/h6H,3-5H2,1-2H3,(H,16,17). The van der Waals surface area contributed by atoms with E-state index >= 15 is 0 Å². The smallest absolute Gasteiger partial charge is 0.407 e. The first-order chi connectivity index (χ1) is 8.49. The van der Waals surface area contributed by atoms with Crippen molar-refractivity contribution in [2.45, 2.75) is 13.3 Å². The number of aromatic nitrogens is 1. The minimum absolute atomic E-state index is 0.445. The number of methoxy groups -OCH3 is 1. The molecular formula is C11H14I2N2O3. The fourth-order valence-corrected chi connectivity index (χ4v) is 3.32. The van der Waals surface area contributed by atoms with E-state index in [0.717, 1.165) is 18.7 Å². The molecule has 0 saturated carbocycles. The predicted molar refractivity (Wildman–Crippen MR) is 85.2 cm³/mol. The summed E-state index contributed by atoms with van der Waals surface area (Å²) in [5.41, 5.74) is 0.957. The molecule has 18 heavy (non-hydrogen) atoms. The second-order valence-electron chi connectivity index (χ2n) is 3.53. The van der Waals surface area contributed by atoms with Gasteiger partial charge >= 0.3 is 6.09 Å². The van der Waals surface area contributed by atoms with Crippen LogP contribution in [0, 0.1) is 7.40 Å². The third-order valence-electron chi connectivity index (χ3n) is 2.51. The lowest BCUT2D eigenvalue weighted by Crippen LogP contribution is -2.31. The molecule has 1 rings (SSSR count). The van der Waals surface area contributed by atoms with Crippen molar-refractivity contribution in [3.63, 3.8) is 0 Å². The number of nitrogens with zero attached hydrogens (tertiary/aromatic N) is 2. The van der Waals surface area contributed by atoms with E-state index in [2.05, 4.69) is 50.2 Å². The molecule has 0 aliphatic carbocycles. The lowest BCUT2D eigenvalue weighted by molar-refractivity contribution is 0.148. The van der Waals surface area contributed by atoms with Crippen LogP contribution in [0.4, 0.5) is 4.79 Å². The summed E-state index contributed by atoms with van der Waals surface area (Å²) in [5, 5.41) is 8.97. The molecule has 1 N–H and O–H groups in total. The molecule has 7 heteroatoms. The first-order valence-electron chi connectivity index (χ1n) is 5.36. The average molecular weight is 476 g/mol. The lowest BCUT2D eigenvalue weighted by Gasteiger charge is -2.18. The highest BCUT2D eigenvalue weighted by Gasteiger charge is 2.14. The SMILES string of the molecule is CCN(CCc1c(OC)cc(I)nc1I)C(=O)O. The molecule has 0 aliphatic heterocycles. The number of hydrogen-bond acceptors (Lipinski definition) is 3. The fourth-order valence-electron chi connectivity index (χ4n) is 1.53. The molecule has 0 spiro atoms. The van der Waals surface area contributed by atoms with Crippen molar-refractivity contribution in [2.24, 2.45) is 0 Å². The van der Waals surface area contributed by atoms with Gasteiger partial charge in [-0.1, -0.05) is 0 Å². The van der Waals surface area contributed by atoms with E-state index < -0.39 is 6.09 Å². The molecule has 0 bridgehead atoms. The minimum Gasteiger partial charge on any atom is -0.496 e. The molecule has 0 atom stereocenters. The molecule has 100 valence electrons. The van der Waals surface area contributed by atoms with Crippen LogP contribution in [0.2, 0.25) is 0 Å². The van der Waals surface area contributed by atoms with Crippen molar-refractivity contribution < 1.29 is 14.6 Å². The third kappa shape index (κ3) is 4.11. The van der Waals surface area contributed by atoms with Gasteiger partial charge in [0.1, 0.15) is 13.2 Å². The van der Waals surface area contributed by atoms with Crippen LogP contribution in [-0.2, 0) is 6.42 Å². The second-order valence-corrected chi connectivity index (χ2v) is 5.66. The van der Waals surface area contributed by atoms with Gasteiger partial charge in [0.15, 0.2) is 0 Å². The summed E-state index contributed by atoms with van der Waals surface area (Å²) in [7, 11) is 1.61. The Kier molecular flexibility index (Phi) is 6.39. The number of amides is 1. The normalized spacial score (nSPS) is 10.2. The number of halogens is 2. The fraction of sp³-hybridized carbons (Fsp3) is 0.455. The lowest BCUT2D eigenvalue weighted by atomic mass is 10.2. The van der Waals surface area contributed by atoms with Gasteiger partial charge < -0.3 is 14.7 Å². The summed E-state index contributed by atoms with van der Waals surface area (Å²) in [4.78, 5) is 16.6. The van der Waals surface area contributed by atoms with Crippen LogP contribution in [0.5, 0.6) is 5.75 Å². The van der Waals surface area contributed by atoms with Crippen LogP contribution < -0.4 is 4.74 Å². The molecule has 1 aromatic heterocycles. The van der Waals surface area contributed by atoms with Crippen molar-refractivity contribution in [1.29, 1.82) is 0 Å². The predicted octanol–water partition coefficient (Wildman–Crippen LogP) is 2.84. The number of ether oxygens (including phenoxy) is 1. The first-order valence-corrected chi connectivity index (χ1v) is 7.52. The Hall–Kier alpha value is -0.320. The van der Waals surface area contributed by atoms with Crippen LogP contribution in [0.1, 0.15) is 12.5 Å². The molecule has 0 unspecified atom stereocenters. The Morgan fingerprint density at radius 1 is 1.56 bits per heavy atom. The second kappa shape index (κ2) is 7.31. The monoisotopic (exact) mass is 476 g/mol. The summed E-state index contributed by atoms with van der Waals surface area (Å²) < 4.78 is 7.04. The maximum atomic E-state index is 10.9. The maximum Gasteiger partial charge on any atom is 0.407 e. The molecule has 5 nitrogen and oxygen atoms in total. The number of hydrogen-bond donors (Lipinski definition) is 1. The summed E-state index contributed by atoms with van der Waals surface area (Å²) in [5.74, 6) is 0.764. The quantitative estimate of drug-likeness (QED) is 0.525. The summed E-state index contributed by atoms with van der Waals surface area (Å²) in [6.45, 7) is 2.75. The van der Waals surface area contributed by atoms with Crippen LogP contribution in [-0.4, -0.2) is 41.3 Å². The highest BCUT2D eigenvalue weighted by molar-refractivity contribution is 14.1. The van der Waals surface area contributed by atoms with Gasteiger partial charge in [-0.05, 0) is 58.5 Å². The highest BCUT2D eigenvalue weighted by atomic mass is 127. The zero-order chi connectivity index (χ0) is 13.7. The Morgan fingerprint density at radius 2 is 2.22 bits per heavy atom. The van der Waals surface area contributed by atoms with Gasteiger partial charge in [-0.15, -0.1) is 0 Å². The van der Waals surface area contributed by atoms with Gasteiger partial charge in [0.05, 0.1) is 7.11 Å². The maximum absolute atomic E-state index is 10.9. The first kappa shape index (κ1) is 15.7. The van der Waals surface area contributed by atoms with E-state index in [-0.39, 0.29) is 0 Å². The van der Waals surface area contributed by atoms with Gasteiger partial charge in [0, 0.05) is 24.7 Å². The molecule has 0 aromatic carbocycles. The average Bonchev–Trinajstić information content (AvgIpc) is 2.31. The van der Waals surface area contributed by atoms with Gasteiger partial charge in [-0.3, -0.25) is 0 Å². The van der Waals surface area contributed by atoms with E-state index in [1.165, 1.54) is 4.90 Å². The molecule has 0 fully saturated rings. The molecule has 0 aliphatic rings. The molecule has 1 amide bonds. The number of carboxylic acid groups (broad SMARTS) is 1. The Morgan fingerprint density at radius 3 is 2.72 bits per heavy atom. The van der Waals surface area contributed by atoms with E-state index in [9.17, 15) is 4.79 Å². The van der Waals surface area contributed by atoms with Gasteiger partial charge in [-0.25, -0.2) is 9.78 Å². The van der Waals surface area contributed by atoms with Crippen molar-refractivity contribution in [1.82, 2.24) is 9.88 Å². The van der Waals surface area contributed by atoms with Gasteiger partial charge in [0.2, 0.25) is 0 Å². The number of carbonyl (C=O) groups is 1. The summed E-state index contributed by atoms with van der Waals surface area (Å²) in [6, 6.07) is 1.86. The molecule has 1 heterocycles. The molecule has 0 saturated heterocycles. The Balaban J connectivity index is 2.87. The van der Waals surface area contributed by atoms with Crippen LogP contribution in [0.15, 0.2) is 6.07 Å². The zero-order valence-corrected chi connectivity index (χ0v) is 14.4. The van der Waals surface area contributed by atoms with Crippen molar-refractivity contribution >= 4 is 51.3 Å². The summed E-state index contributed by atoms with van der Waals surface area (Å²) >= 11 is 4.28. The number of pyridine rings is 1. The Bertz CT molecular complexity index is 441. The largest absolute Gasteiger partial charge is 0.496 e. The van der Waals surface area contributed by atoms with Crippen molar-refractivity contribution in [3.05, 3.63) is 19.0 Å². The van der Waals surface area contributed by atoms with Gasteiger partial charge in [0.25, 0.3) is 0 Å².